The molecule has 86 valence electrons. The number of esters is 1. The molecule has 0 N–H and O–H groups in total. The molecule has 1 aliphatic rings. The topological polar surface area (TPSA) is 35.5 Å². The summed E-state index contributed by atoms with van der Waals surface area (Å²) in [7, 11) is 0. The van der Waals surface area contributed by atoms with E-state index in [1.165, 1.54) is 0 Å². The number of rotatable bonds is 2. The van der Waals surface area contributed by atoms with Crippen molar-refractivity contribution < 1.29 is 14.3 Å². The van der Waals surface area contributed by atoms with E-state index in [-0.39, 0.29) is 11.9 Å². The predicted molar refractivity (Wildman–Crippen MR) is 63.5 cm³/mol. The fourth-order valence-electron chi connectivity index (χ4n) is 1.76. The van der Waals surface area contributed by atoms with Gasteiger partial charge in [0.2, 0.25) is 0 Å². The molecule has 3 nitrogen and oxygen atoms in total. The smallest absolute Gasteiger partial charge is 0.312 e. The van der Waals surface area contributed by atoms with Crippen molar-refractivity contribution in [2.45, 2.75) is 13.3 Å². The summed E-state index contributed by atoms with van der Waals surface area (Å²) in [5, 5.41) is 0. The van der Waals surface area contributed by atoms with Gasteiger partial charge < -0.3 is 9.47 Å². The van der Waals surface area contributed by atoms with E-state index in [2.05, 4.69) is 15.9 Å². The first-order chi connectivity index (χ1) is 7.70. The van der Waals surface area contributed by atoms with Crippen LogP contribution in [0.5, 0.6) is 5.75 Å². The molecular formula is C12H13BrO3. The molecule has 1 atom stereocenters. The second-order valence-electron chi connectivity index (χ2n) is 3.72. The molecule has 16 heavy (non-hydrogen) atoms. The number of hydrogen-bond acceptors (Lipinski definition) is 3. The molecule has 0 aliphatic carbocycles. The molecular weight excluding hydrogens is 272 g/mol. The van der Waals surface area contributed by atoms with E-state index in [0.29, 0.717) is 19.6 Å². The maximum Gasteiger partial charge on any atom is 0.312 e. The number of carbonyl (C=O) groups excluding carboxylic acids is 1. The molecule has 1 aromatic carbocycles. The number of carbonyl (C=O) groups is 1. The highest BCUT2D eigenvalue weighted by molar-refractivity contribution is 9.10. The first kappa shape index (κ1) is 11.5. The lowest BCUT2D eigenvalue weighted by atomic mass is 9.97. The Morgan fingerprint density at radius 2 is 2.44 bits per heavy atom. The van der Waals surface area contributed by atoms with Gasteiger partial charge in [0.05, 0.1) is 12.5 Å². The molecule has 0 bridgehead atoms. The van der Waals surface area contributed by atoms with Crippen molar-refractivity contribution in [3.63, 3.8) is 0 Å². The van der Waals surface area contributed by atoms with Gasteiger partial charge in [-0.15, -0.1) is 0 Å². The molecule has 0 saturated carbocycles. The first-order valence-electron chi connectivity index (χ1n) is 5.28. The van der Waals surface area contributed by atoms with Crippen molar-refractivity contribution in [2.75, 3.05) is 13.2 Å². The average molecular weight is 285 g/mol. The van der Waals surface area contributed by atoms with Crippen molar-refractivity contribution in [1.29, 1.82) is 0 Å². The monoisotopic (exact) mass is 284 g/mol. The molecule has 4 heteroatoms. The highest BCUT2D eigenvalue weighted by atomic mass is 79.9. The Bertz CT molecular complexity index is 403. The van der Waals surface area contributed by atoms with E-state index in [1.807, 2.05) is 25.1 Å². The minimum atomic E-state index is -0.173. The molecule has 0 fully saturated rings. The summed E-state index contributed by atoms with van der Waals surface area (Å²) in [6.45, 7) is 2.64. The summed E-state index contributed by atoms with van der Waals surface area (Å²) in [5.41, 5.74) is 1.06. The summed E-state index contributed by atoms with van der Waals surface area (Å²) >= 11 is 3.39. The minimum Gasteiger partial charge on any atom is -0.492 e. The lowest BCUT2D eigenvalue weighted by Crippen LogP contribution is -2.29. The number of halogens is 1. The van der Waals surface area contributed by atoms with E-state index in [1.54, 1.807) is 0 Å². The van der Waals surface area contributed by atoms with Gasteiger partial charge in [-0.2, -0.15) is 0 Å². The molecule has 0 radical (unpaired) electrons. The van der Waals surface area contributed by atoms with E-state index >= 15 is 0 Å². The largest absolute Gasteiger partial charge is 0.492 e. The quantitative estimate of drug-likeness (QED) is 0.783. The van der Waals surface area contributed by atoms with Gasteiger partial charge in [0.1, 0.15) is 12.4 Å². The minimum absolute atomic E-state index is 0.170. The Morgan fingerprint density at radius 1 is 1.62 bits per heavy atom. The standard InChI is InChI=1S/C12H13BrO3/c1-2-15-12(14)9-5-8-3-4-10(13)6-11(8)16-7-9/h3-4,6,9H,2,5,7H2,1H3. The van der Waals surface area contributed by atoms with E-state index < -0.39 is 0 Å². The number of fused-ring (bicyclic) bond motifs is 1. The summed E-state index contributed by atoms with van der Waals surface area (Å²) in [4.78, 5) is 11.6. The van der Waals surface area contributed by atoms with Gasteiger partial charge in [-0.3, -0.25) is 4.79 Å². The van der Waals surface area contributed by atoms with Crippen LogP contribution < -0.4 is 4.74 Å². The van der Waals surface area contributed by atoms with Gasteiger partial charge >= 0.3 is 5.97 Å². The fraction of sp³-hybridized carbons (Fsp3) is 0.417. The Kier molecular flexibility index (Phi) is 3.49. The Morgan fingerprint density at radius 3 is 3.19 bits per heavy atom. The zero-order valence-electron chi connectivity index (χ0n) is 9.03. The zero-order valence-corrected chi connectivity index (χ0v) is 10.6. The summed E-state index contributed by atoms with van der Waals surface area (Å²) < 4.78 is 11.5. The van der Waals surface area contributed by atoms with Gasteiger partial charge in [0.25, 0.3) is 0 Å². The maximum absolute atomic E-state index is 11.6. The Labute approximate surface area is 103 Å². The average Bonchev–Trinajstić information content (AvgIpc) is 2.28. The van der Waals surface area contributed by atoms with Crippen LogP contribution in [0.25, 0.3) is 0 Å². The third-order valence-electron chi connectivity index (χ3n) is 2.56. The van der Waals surface area contributed by atoms with Crippen LogP contribution in [0.3, 0.4) is 0 Å². The van der Waals surface area contributed by atoms with Crippen LogP contribution in [0.4, 0.5) is 0 Å². The third-order valence-corrected chi connectivity index (χ3v) is 3.05. The van der Waals surface area contributed by atoms with Gasteiger partial charge in [-0.05, 0) is 31.0 Å². The third kappa shape index (κ3) is 2.38. The lowest BCUT2D eigenvalue weighted by Gasteiger charge is -2.23. The molecule has 1 unspecified atom stereocenters. The predicted octanol–water partition coefficient (Wildman–Crippen LogP) is 2.56. The van der Waals surface area contributed by atoms with E-state index in [4.69, 9.17) is 9.47 Å². The number of hydrogen-bond donors (Lipinski definition) is 0. The van der Waals surface area contributed by atoms with Crippen LogP contribution >= 0.6 is 15.9 Å². The second kappa shape index (κ2) is 4.87. The van der Waals surface area contributed by atoms with Crippen LogP contribution in [0.2, 0.25) is 0 Å². The Hall–Kier alpha value is -1.03. The highest BCUT2D eigenvalue weighted by Crippen LogP contribution is 2.30. The van der Waals surface area contributed by atoms with E-state index in [9.17, 15) is 4.79 Å². The second-order valence-corrected chi connectivity index (χ2v) is 4.63. The van der Waals surface area contributed by atoms with Crippen molar-refractivity contribution in [1.82, 2.24) is 0 Å². The van der Waals surface area contributed by atoms with Crippen LogP contribution in [0, 0.1) is 5.92 Å². The summed E-state index contributed by atoms with van der Waals surface area (Å²) in [6.07, 6.45) is 0.696. The fourth-order valence-corrected chi connectivity index (χ4v) is 2.10. The molecule has 1 heterocycles. The number of ether oxygens (including phenoxy) is 2. The summed E-state index contributed by atoms with van der Waals surface area (Å²) in [6, 6.07) is 5.86. The maximum atomic E-state index is 11.6. The van der Waals surface area contributed by atoms with Crippen LogP contribution in [0.1, 0.15) is 12.5 Å². The SMILES string of the molecule is CCOC(=O)C1COc2cc(Br)ccc2C1. The van der Waals surface area contributed by atoms with Gasteiger partial charge in [0.15, 0.2) is 0 Å². The van der Waals surface area contributed by atoms with Crippen molar-refractivity contribution in [3.05, 3.63) is 28.2 Å². The lowest BCUT2D eigenvalue weighted by molar-refractivity contribution is -0.149. The van der Waals surface area contributed by atoms with Gasteiger partial charge in [0, 0.05) is 4.47 Å². The van der Waals surface area contributed by atoms with Gasteiger partial charge in [-0.25, -0.2) is 0 Å². The van der Waals surface area contributed by atoms with Crippen molar-refractivity contribution >= 4 is 21.9 Å². The van der Waals surface area contributed by atoms with Crippen molar-refractivity contribution in [2.24, 2.45) is 5.92 Å². The Balaban J connectivity index is 2.12. The summed E-state index contributed by atoms with van der Waals surface area (Å²) in [5.74, 6) is 0.514. The molecule has 0 amide bonds. The normalized spacial score (nSPS) is 18.5. The highest BCUT2D eigenvalue weighted by Gasteiger charge is 2.26. The molecule has 1 aliphatic heterocycles. The molecule has 2 rings (SSSR count). The molecule has 0 saturated heterocycles. The van der Waals surface area contributed by atoms with Crippen LogP contribution in [-0.2, 0) is 16.0 Å². The van der Waals surface area contributed by atoms with Crippen molar-refractivity contribution in [3.8, 4) is 5.75 Å². The zero-order chi connectivity index (χ0) is 11.5. The van der Waals surface area contributed by atoms with E-state index in [0.717, 1.165) is 15.8 Å². The molecule has 0 aromatic heterocycles. The molecule has 1 aromatic rings. The number of benzene rings is 1. The van der Waals surface area contributed by atoms with Gasteiger partial charge in [-0.1, -0.05) is 22.0 Å². The van der Waals surface area contributed by atoms with Crippen LogP contribution in [0.15, 0.2) is 22.7 Å². The molecule has 0 spiro atoms. The van der Waals surface area contributed by atoms with Crippen LogP contribution in [-0.4, -0.2) is 19.2 Å². The first-order valence-corrected chi connectivity index (χ1v) is 6.08.